The molecule has 1 aromatic rings. The molecule has 1 amide bonds. The van der Waals surface area contributed by atoms with Crippen LogP contribution in [0.2, 0.25) is 0 Å². The van der Waals surface area contributed by atoms with Gasteiger partial charge in [-0.05, 0) is 51.2 Å². The van der Waals surface area contributed by atoms with Crippen LogP contribution in [0.3, 0.4) is 0 Å². The predicted molar refractivity (Wildman–Crippen MR) is 82.9 cm³/mol. The highest BCUT2D eigenvalue weighted by Crippen LogP contribution is 2.28. The predicted octanol–water partition coefficient (Wildman–Crippen LogP) is 3.99. The van der Waals surface area contributed by atoms with Crippen LogP contribution >= 0.6 is 15.9 Å². The van der Waals surface area contributed by atoms with Crippen LogP contribution in [0, 0.1) is 19.8 Å². The minimum absolute atomic E-state index is 0.0588. The number of nitrogens with one attached hydrogen (secondary N) is 1. The first kappa shape index (κ1) is 14.6. The topological polar surface area (TPSA) is 29.1 Å². The summed E-state index contributed by atoms with van der Waals surface area (Å²) in [6, 6.07) is 6.00. The number of hydrogen-bond acceptors (Lipinski definition) is 1. The first-order valence-corrected chi connectivity index (χ1v) is 7.96. The van der Waals surface area contributed by atoms with E-state index in [9.17, 15) is 4.79 Å². The first-order chi connectivity index (χ1) is 9.04. The molecule has 0 spiro atoms. The summed E-state index contributed by atoms with van der Waals surface area (Å²) in [5.74, 6) is 0.677. The molecule has 0 bridgehead atoms. The molecule has 3 heteroatoms. The first-order valence-electron chi connectivity index (χ1n) is 7.05. The minimum Gasteiger partial charge on any atom is -0.352 e. The number of aryl methyl sites for hydroxylation is 2. The Kier molecular flexibility index (Phi) is 5.03. The van der Waals surface area contributed by atoms with Crippen molar-refractivity contribution in [1.29, 1.82) is 0 Å². The lowest BCUT2D eigenvalue weighted by Crippen LogP contribution is -2.32. The molecular formula is C16H22BrNO. The van der Waals surface area contributed by atoms with Gasteiger partial charge in [0.1, 0.15) is 0 Å². The van der Waals surface area contributed by atoms with Crippen molar-refractivity contribution in [2.45, 2.75) is 44.4 Å². The lowest BCUT2D eigenvalue weighted by molar-refractivity contribution is 0.0943. The van der Waals surface area contributed by atoms with E-state index in [2.05, 4.69) is 27.3 Å². The molecule has 2 nitrogen and oxygen atoms in total. The monoisotopic (exact) mass is 323 g/mol. The highest BCUT2D eigenvalue weighted by atomic mass is 79.9. The van der Waals surface area contributed by atoms with E-state index in [1.165, 1.54) is 25.7 Å². The highest BCUT2D eigenvalue weighted by molar-refractivity contribution is 9.09. The van der Waals surface area contributed by atoms with Crippen LogP contribution in [0.25, 0.3) is 0 Å². The fourth-order valence-corrected chi connectivity index (χ4v) is 3.71. The molecule has 1 aliphatic rings. The maximum atomic E-state index is 12.2. The molecule has 0 saturated heterocycles. The zero-order valence-corrected chi connectivity index (χ0v) is 13.3. The van der Waals surface area contributed by atoms with Gasteiger partial charge in [-0.3, -0.25) is 4.79 Å². The fourth-order valence-electron chi connectivity index (χ4n) is 2.86. The number of hydrogen-bond donors (Lipinski definition) is 1. The minimum atomic E-state index is 0.0588. The summed E-state index contributed by atoms with van der Waals surface area (Å²) in [6.07, 6.45) is 4.93. The van der Waals surface area contributed by atoms with Gasteiger partial charge in [0.05, 0.1) is 0 Å². The van der Waals surface area contributed by atoms with Crippen molar-refractivity contribution in [1.82, 2.24) is 5.32 Å². The van der Waals surface area contributed by atoms with Gasteiger partial charge in [0, 0.05) is 16.9 Å². The zero-order chi connectivity index (χ0) is 13.8. The van der Waals surface area contributed by atoms with Crippen LogP contribution in [-0.2, 0) is 0 Å². The van der Waals surface area contributed by atoms with Gasteiger partial charge in [-0.1, -0.05) is 39.5 Å². The Bertz CT molecular complexity index is 438. The molecule has 0 radical (unpaired) electrons. The summed E-state index contributed by atoms with van der Waals surface area (Å²) in [5, 5.41) is 3.08. The zero-order valence-electron chi connectivity index (χ0n) is 11.7. The molecule has 1 aromatic carbocycles. The number of amides is 1. The van der Waals surface area contributed by atoms with Crippen molar-refractivity contribution in [2.75, 3.05) is 6.54 Å². The van der Waals surface area contributed by atoms with E-state index in [1.54, 1.807) is 0 Å². The Hall–Kier alpha value is -0.830. The Labute approximate surface area is 124 Å². The SMILES string of the molecule is Cc1cc(C)cc(C(=O)NCC2CCCC(Br)C2)c1. The Morgan fingerprint density at radius 3 is 2.58 bits per heavy atom. The van der Waals surface area contributed by atoms with E-state index in [4.69, 9.17) is 0 Å². The van der Waals surface area contributed by atoms with Crippen LogP contribution in [0.1, 0.15) is 47.2 Å². The van der Waals surface area contributed by atoms with E-state index in [0.717, 1.165) is 23.2 Å². The molecule has 2 rings (SSSR count). The second-order valence-electron chi connectivity index (χ2n) is 5.72. The van der Waals surface area contributed by atoms with Crippen molar-refractivity contribution in [3.63, 3.8) is 0 Å². The van der Waals surface area contributed by atoms with Gasteiger partial charge >= 0.3 is 0 Å². The number of alkyl halides is 1. The highest BCUT2D eigenvalue weighted by Gasteiger charge is 2.20. The molecule has 2 atom stereocenters. The lowest BCUT2D eigenvalue weighted by atomic mass is 9.89. The van der Waals surface area contributed by atoms with Gasteiger partial charge < -0.3 is 5.32 Å². The van der Waals surface area contributed by atoms with E-state index in [-0.39, 0.29) is 5.91 Å². The number of carbonyl (C=O) groups is 1. The Morgan fingerprint density at radius 1 is 1.26 bits per heavy atom. The number of carbonyl (C=O) groups excluding carboxylic acids is 1. The summed E-state index contributed by atoms with van der Waals surface area (Å²) in [6.45, 7) is 4.86. The van der Waals surface area contributed by atoms with Gasteiger partial charge in [-0.15, -0.1) is 0 Å². The van der Waals surface area contributed by atoms with Gasteiger partial charge in [0.2, 0.25) is 0 Å². The average molecular weight is 324 g/mol. The second-order valence-corrected chi connectivity index (χ2v) is 7.01. The molecule has 1 fully saturated rings. The van der Waals surface area contributed by atoms with Crippen molar-refractivity contribution in [2.24, 2.45) is 5.92 Å². The molecule has 2 unspecified atom stereocenters. The summed E-state index contributed by atoms with van der Waals surface area (Å²) >= 11 is 3.69. The molecule has 19 heavy (non-hydrogen) atoms. The van der Waals surface area contributed by atoms with Gasteiger partial charge in [0.15, 0.2) is 0 Å². The number of halogens is 1. The number of benzene rings is 1. The molecular weight excluding hydrogens is 302 g/mol. The van der Waals surface area contributed by atoms with E-state index in [0.29, 0.717) is 10.7 Å². The van der Waals surface area contributed by atoms with Gasteiger partial charge in [-0.25, -0.2) is 0 Å². The van der Waals surface area contributed by atoms with Crippen LogP contribution in [0.15, 0.2) is 18.2 Å². The van der Waals surface area contributed by atoms with E-state index in [1.807, 2.05) is 26.0 Å². The molecule has 0 aromatic heterocycles. The maximum Gasteiger partial charge on any atom is 0.251 e. The van der Waals surface area contributed by atoms with E-state index < -0.39 is 0 Å². The van der Waals surface area contributed by atoms with Crippen molar-refractivity contribution in [3.05, 3.63) is 34.9 Å². The fraction of sp³-hybridized carbons (Fsp3) is 0.562. The maximum absolute atomic E-state index is 12.2. The Morgan fingerprint density at radius 2 is 1.95 bits per heavy atom. The van der Waals surface area contributed by atoms with Crippen LogP contribution < -0.4 is 5.32 Å². The summed E-state index contributed by atoms with van der Waals surface area (Å²) in [4.78, 5) is 12.8. The van der Waals surface area contributed by atoms with Crippen LogP contribution in [-0.4, -0.2) is 17.3 Å². The molecule has 1 aliphatic carbocycles. The normalized spacial score (nSPS) is 23.1. The van der Waals surface area contributed by atoms with Crippen molar-refractivity contribution >= 4 is 21.8 Å². The van der Waals surface area contributed by atoms with Gasteiger partial charge in [-0.2, -0.15) is 0 Å². The van der Waals surface area contributed by atoms with Crippen molar-refractivity contribution in [3.8, 4) is 0 Å². The smallest absolute Gasteiger partial charge is 0.251 e. The van der Waals surface area contributed by atoms with Crippen LogP contribution in [0.5, 0.6) is 0 Å². The summed E-state index contributed by atoms with van der Waals surface area (Å²) in [7, 11) is 0. The van der Waals surface area contributed by atoms with Crippen molar-refractivity contribution < 1.29 is 4.79 Å². The molecule has 1 N–H and O–H groups in total. The standard InChI is InChI=1S/C16H22BrNO/c1-11-6-12(2)8-14(7-11)16(19)18-10-13-4-3-5-15(17)9-13/h6-8,13,15H,3-5,9-10H2,1-2H3,(H,18,19). The molecule has 1 saturated carbocycles. The third-order valence-electron chi connectivity index (χ3n) is 3.75. The average Bonchev–Trinajstić information content (AvgIpc) is 2.35. The summed E-state index contributed by atoms with van der Waals surface area (Å²) < 4.78 is 0. The number of rotatable bonds is 3. The third kappa shape index (κ3) is 4.34. The second kappa shape index (κ2) is 6.56. The third-order valence-corrected chi connectivity index (χ3v) is 4.59. The quantitative estimate of drug-likeness (QED) is 0.837. The van der Waals surface area contributed by atoms with Gasteiger partial charge in [0.25, 0.3) is 5.91 Å². The lowest BCUT2D eigenvalue weighted by Gasteiger charge is -2.25. The van der Waals surface area contributed by atoms with Crippen LogP contribution in [0.4, 0.5) is 0 Å². The largest absolute Gasteiger partial charge is 0.352 e. The summed E-state index contributed by atoms with van der Waals surface area (Å²) in [5.41, 5.74) is 3.07. The molecule has 0 aliphatic heterocycles. The Balaban J connectivity index is 1.90. The van der Waals surface area contributed by atoms with E-state index >= 15 is 0 Å². The molecule has 104 valence electrons. The molecule has 0 heterocycles.